The molecule has 0 aromatic heterocycles. The van der Waals surface area contributed by atoms with Gasteiger partial charge in [-0.05, 0) is 12.5 Å². The number of hydrogen-bond acceptors (Lipinski definition) is 2. The van der Waals surface area contributed by atoms with Gasteiger partial charge in [0.1, 0.15) is 0 Å². The minimum absolute atomic E-state index is 0. The molecule has 92 valence electrons. The molecule has 0 amide bonds. The lowest BCUT2D eigenvalue weighted by Gasteiger charge is -2.18. The van der Waals surface area contributed by atoms with E-state index in [1.807, 2.05) is 0 Å². The minimum atomic E-state index is -1.56. The van der Waals surface area contributed by atoms with E-state index < -0.39 is 29.6 Å². The quantitative estimate of drug-likeness (QED) is 0.814. The maximum absolute atomic E-state index is 13.2. The maximum atomic E-state index is 13.2. The zero-order valence-corrected chi connectivity index (χ0v) is 9.40. The molecule has 0 saturated carbocycles. The SMILES string of the molecule is CC[C@H](O)[C@H](N)c1ccc(F)c(F)c1F.Cl. The molecule has 0 aliphatic heterocycles. The fourth-order valence-corrected chi connectivity index (χ4v) is 1.26. The van der Waals surface area contributed by atoms with Gasteiger partial charge in [-0.3, -0.25) is 0 Å². The van der Waals surface area contributed by atoms with Gasteiger partial charge < -0.3 is 10.8 Å². The molecule has 2 atom stereocenters. The van der Waals surface area contributed by atoms with Crippen molar-refractivity contribution in [2.24, 2.45) is 5.73 Å². The summed E-state index contributed by atoms with van der Waals surface area (Å²) in [6.45, 7) is 1.66. The number of aliphatic hydroxyl groups is 1. The first-order chi connectivity index (χ1) is 6.99. The first-order valence-corrected chi connectivity index (χ1v) is 4.56. The normalized spacial score (nSPS) is 14.1. The fourth-order valence-electron chi connectivity index (χ4n) is 1.26. The molecule has 0 fully saturated rings. The number of hydrogen-bond donors (Lipinski definition) is 2. The molecule has 0 heterocycles. The van der Waals surface area contributed by atoms with Crippen molar-refractivity contribution in [3.05, 3.63) is 35.1 Å². The summed E-state index contributed by atoms with van der Waals surface area (Å²) in [7, 11) is 0. The van der Waals surface area contributed by atoms with Crippen molar-refractivity contribution in [2.75, 3.05) is 0 Å². The summed E-state index contributed by atoms with van der Waals surface area (Å²) in [5, 5.41) is 9.36. The number of nitrogens with two attached hydrogens (primary N) is 1. The van der Waals surface area contributed by atoms with Crippen LogP contribution >= 0.6 is 12.4 Å². The summed E-state index contributed by atoms with van der Waals surface area (Å²) in [6.07, 6.45) is -0.677. The summed E-state index contributed by atoms with van der Waals surface area (Å²) in [6, 6.07) is 0.776. The second kappa shape index (κ2) is 6.08. The zero-order valence-electron chi connectivity index (χ0n) is 8.58. The van der Waals surface area contributed by atoms with E-state index in [-0.39, 0.29) is 18.0 Å². The summed E-state index contributed by atoms with van der Waals surface area (Å²) >= 11 is 0. The molecule has 0 unspecified atom stereocenters. The van der Waals surface area contributed by atoms with Crippen LogP contribution in [0.3, 0.4) is 0 Å². The predicted octanol–water partition coefficient (Wildman–Crippen LogP) is 2.30. The Balaban J connectivity index is 0.00000225. The second-order valence-electron chi connectivity index (χ2n) is 3.27. The Kier molecular flexibility index (Phi) is 5.78. The lowest BCUT2D eigenvalue weighted by atomic mass is 10.00. The standard InChI is InChI=1S/C10H12F3NO.ClH/c1-2-7(15)10(14)5-3-4-6(11)9(13)8(5)12;/h3-4,7,10,15H,2,14H2,1H3;1H/t7-,10+;/m0./s1. The third-order valence-electron chi connectivity index (χ3n) is 2.26. The van der Waals surface area contributed by atoms with Crippen molar-refractivity contribution < 1.29 is 18.3 Å². The second-order valence-corrected chi connectivity index (χ2v) is 3.27. The summed E-state index contributed by atoms with van der Waals surface area (Å²) in [5.41, 5.74) is 5.27. The first kappa shape index (κ1) is 15.2. The van der Waals surface area contributed by atoms with Crippen LogP contribution in [0.25, 0.3) is 0 Å². The van der Waals surface area contributed by atoms with Gasteiger partial charge in [-0.2, -0.15) is 0 Å². The van der Waals surface area contributed by atoms with Crippen LogP contribution in [0.2, 0.25) is 0 Å². The molecule has 3 N–H and O–H groups in total. The molecule has 0 radical (unpaired) electrons. The molecule has 0 spiro atoms. The third kappa shape index (κ3) is 2.87. The van der Waals surface area contributed by atoms with Gasteiger partial charge in [0.15, 0.2) is 17.5 Å². The van der Waals surface area contributed by atoms with Crippen molar-refractivity contribution in [3.63, 3.8) is 0 Å². The van der Waals surface area contributed by atoms with Crippen molar-refractivity contribution in [2.45, 2.75) is 25.5 Å². The zero-order chi connectivity index (χ0) is 11.6. The number of benzene rings is 1. The van der Waals surface area contributed by atoms with E-state index in [9.17, 15) is 18.3 Å². The largest absolute Gasteiger partial charge is 0.391 e. The Bertz CT molecular complexity index is 362. The predicted molar refractivity (Wildman–Crippen MR) is 56.8 cm³/mol. The topological polar surface area (TPSA) is 46.2 Å². The van der Waals surface area contributed by atoms with Crippen molar-refractivity contribution in [3.8, 4) is 0 Å². The van der Waals surface area contributed by atoms with E-state index in [0.29, 0.717) is 6.42 Å². The Morgan fingerprint density at radius 3 is 2.31 bits per heavy atom. The highest BCUT2D eigenvalue weighted by molar-refractivity contribution is 5.85. The van der Waals surface area contributed by atoms with Gasteiger partial charge in [0.25, 0.3) is 0 Å². The van der Waals surface area contributed by atoms with Gasteiger partial charge in [-0.15, -0.1) is 12.4 Å². The average Bonchev–Trinajstić information content (AvgIpc) is 2.24. The van der Waals surface area contributed by atoms with Gasteiger partial charge in [0.05, 0.1) is 12.1 Å². The maximum Gasteiger partial charge on any atom is 0.194 e. The van der Waals surface area contributed by atoms with Crippen LogP contribution in [0.1, 0.15) is 24.9 Å². The smallest absolute Gasteiger partial charge is 0.194 e. The van der Waals surface area contributed by atoms with Gasteiger partial charge in [-0.25, -0.2) is 13.2 Å². The van der Waals surface area contributed by atoms with E-state index >= 15 is 0 Å². The van der Waals surface area contributed by atoms with E-state index in [1.54, 1.807) is 6.92 Å². The lowest BCUT2D eigenvalue weighted by molar-refractivity contribution is 0.138. The van der Waals surface area contributed by atoms with E-state index in [4.69, 9.17) is 5.73 Å². The highest BCUT2D eigenvalue weighted by Gasteiger charge is 2.22. The third-order valence-corrected chi connectivity index (χ3v) is 2.26. The summed E-state index contributed by atoms with van der Waals surface area (Å²) in [5.74, 6) is -4.17. The molecule has 2 nitrogen and oxygen atoms in total. The fraction of sp³-hybridized carbons (Fsp3) is 0.400. The van der Waals surface area contributed by atoms with Crippen molar-refractivity contribution >= 4 is 12.4 Å². The Hall–Kier alpha value is -0.780. The average molecular weight is 256 g/mol. The monoisotopic (exact) mass is 255 g/mol. The van der Waals surface area contributed by atoms with Crippen molar-refractivity contribution in [1.29, 1.82) is 0 Å². The molecule has 6 heteroatoms. The number of rotatable bonds is 3. The van der Waals surface area contributed by atoms with Gasteiger partial charge >= 0.3 is 0 Å². The molecule has 0 bridgehead atoms. The molecule has 0 aliphatic rings. The van der Waals surface area contributed by atoms with Crippen LogP contribution in [-0.4, -0.2) is 11.2 Å². The first-order valence-electron chi connectivity index (χ1n) is 4.56. The molecule has 1 aromatic rings. The Morgan fingerprint density at radius 2 is 1.81 bits per heavy atom. The highest BCUT2D eigenvalue weighted by atomic mass is 35.5. The van der Waals surface area contributed by atoms with Crippen molar-refractivity contribution in [1.82, 2.24) is 0 Å². The number of halogens is 4. The lowest BCUT2D eigenvalue weighted by Crippen LogP contribution is -2.26. The summed E-state index contributed by atoms with van der Waals surface area (Å²) < 4.78 is 38.6. The van der Waals surface area contributed by atoms with Gasteiger partial charge in [-0.1, -0.05) is 13.0 Å². The molecule has 16 heavy (non-hydrogen) atoms. The van der Waals surface area contributed by atoms with Crippen LogP contribution in [0.15, 0.2) is 12.1 Å². The van der Waals surface area contributed by atoms with E-state index in [1.165, 1.54) is 0 Å². The van der Waals surface area contributed by atoms with E-state index in [2.05, 4.69) is 0 Å². The molecule has 0 saturated heterocycles. The highest BCUT2D eigenvalue weighted by Crippen LogP contribution is 2.23. The molecule has 1 aromatic carbocycles. The van der Waals surface area contributed by atoms with Crippen LogP contribution in [-0.2, 0) is 0 Å². The molecule has 0 aliphatic carbocycles. The Labute approximate surface area is 97.7 Å². The van der Waals surface area contributed by atoms with E-state index in [0.717, 1.165) is 12.1 Å². The number of aliphatic hydroxyl groups excluding tert-OH is 1. The van der Waals surface area contributed by atoms with Gasteiger partial charge in [0, 0.05) is 5.56 Å². The molecular weight excluding hydrogens is 243 g/mol. The molecule has 1 rings (SSSR count). The summed E-state index contributed by atoms with van der Waals surface area (Å²) in [4.78, 5) is 0. The van der Waals surface area contributed by atoms with Crippen LogP contribution in [0, 0.1) is 17.5 Å². The minimum Gasteiger partial charge on any atom is -0.391 e. The van der Waals surface area contributed by atoms with Crippen LogP contribution < -0.4 is 5.73 Å². The molecular formula is C10H13ClF3NO. The van der Waals surface area contributed by atoms with Gasteiger partial charge in [0.2, 0.25) is 0 Å². The van der Waals surface area contributed by atoms with Crippen LogP contribution in [0.5, 0.6) is 0 Å². The Morgan fingerprint density at radius 1 is 1.25 bits per heavy atom. The van der Waals surface area contributed by atoms with Crippen LogP contribution in [0.4, 0.5) is 13.2 Å².